The quantitative estimate of drug-likeness (QED) is 0.289. The van der Waals surface area contributed by atoms with E-state index in [0.717, 1.165) is 50.8 Å². The summed E-state index contributed by atoms with van der Waals surface area (Å²) in [6.07, 6.45) is 8.13. The maximum atomic E-state index is 14.5. The summed E-state index contributed by atoms with van der Waals surface area (Å²) in [5.41, 5.74) is 0.509. The van der Waals surface area contributed by atoms with Gasteiger partial charge >= 0.3 is 0 Å². The maximum Gasteiger partial charge on any atom is 0.257 e. The summed E-state index contributed by atoms with van der Waals surface area (Å²) in [7, 11) is 3.71. The number of halogens is 2. The van der Waals surface area contributed by atoms with Crippen molar-refractivity contribution in [2.45, 2.75) is 46.0 Å². The van der Waals surface area contributed by atoms with Crippen LogP contribution in [0.15, 0.2) is 29.0 Å². The second-order valence-electron chi connectivity index (χ2n) is 11.3. The van der Waals surface area contributed by atoms with Crippen LogP contribution in [0.2, 0.25) is 0 Å². The van der Waals surface area contributed by atoms with E-state index in [9.17, 15) is 13.6 Å². The van der Waals surface area contributed by atoms with E-state index in [0.29, 0.717) is 54.8 Å². The lowest BCUT2D eigenvalue weighted by molar-refractivity contribution is 0.0942. The number of nitrogens with zero attached hydrogens (tertiary/aromatic N) is 6. The van der Waals surface area contributed by atoms with Crippen molar-refractivity contribution in [1.82, 2.24) is 30.3 Å². The Morgan fingerprint density at radius 2 is 1.80 bits per heavy atom. The lowest BCUT2D eigenvalue weighted by atomic mass is 9.92. The summed E-state index contributed by atoms with van der Waals surface area (Å²) in [5.74, 6) is 0.323. The van der Waals surface area contributed by atoms with Gasteiger partial charge in [-0.15, -0.1) is 0 Å². The van der Waals surface area contributed by atoms with Gasteiger partial charge in [0, 0.05) is 57.2 Å². The third-order valence-electron chi connectivity index (χ3n) is 7.08. The molecule has 1 fully saturated rings. The number of carbonyl (C=O) groups excluding carboxylic acids is 1. The van der Waals surface area contributed by atoms with Crippen LogP contribution in [0.3, 0.4) is 0 Å². The minimum absolute atomic E-state index is 0.309. The molecule has 1 aliphatic rings. The molecular weight excluding hydrogens is 530 g/mol. The molecule has 0 atom stereocenters. The van der Waals surface area contributed by atoms with E-state index in [2.05, 4.69) is 49.5 Å². The van der Waals surface area contributed by atoms with Crippen molar-refractivity contribution < 1.29 is 18.1 Å². The lowest BCUT2D eigenvalue weighted by Gasteiger charge is -2.32. The molecule has 0 bridgehead atoms. The van der Waals surface area contributed by atoms with Crippen LogP contribution in [0.5, 0.6) is 0 Å². The molecule has 3 aromatic rings. The van der Waals surface area contributed by atoms with Gasteiger partial charge in [0.15, 0.2) is 0 Å². The average Bonchev–Trinajstić information content (AvgIpc) is 3.39. The fourth-order valence-electron chi connectivity index (χ4n) is 4.82. The van der Waals surface area contributed by atoms with E-state index in [4.69, 9.17) is 4.52 Å². The number of hydrogen-bond acceptors (Lipinski definition) is 9. The molecule has 12 heteroatoms. The molecular formula is C29H40F2N8O2. The molecule has 1 saturated heterocycles. The number of nitrogens with one attached hydrogen (secondary N) is 2. The molecule has 0 radical (unpaired) electrons. The number of rotatable bonds is 13. The highest BCUT2D eigenvalue weighted by Gasteiger charge is 2.22. The average molecular weight is 571 g/mol. The molecule has 0 saturated carbocycles. The molecule has 3 heterocycles. The van der Waals surface area contributed by atoms with E-state index in [-0.39, 0.29) is 0 Å². The first-order chi connectivity index (χ1) is 19.7. The Hall–Kier alpha value is -3.67. The Morgan fingerprint density at radius 1 is 1.12 bits per heavy atom. The van der Waals surface area contributed by atoms with E-state index in [1.54, 1.807) is 12.4 Å². The highest BCUT2D eigenvalue weighted by atomic mass is 19.1. The minimum atomic E-state index is -0.870. The van der Waals surface area contributed by atoms with Crippen molar-refractivity contribution >= 4 is 17.5 Å². The molecule has 2 aromatic heterocycles. The highest BCUT2D eigenvalue weighted by molar-refractivity contribution is 5.95. The molecule has 1 amide bonds. The molecule has 4 rings (SSSR count). The van der Waals surface area contributed by atoms with Gasteiger partial charge in [-0.25, -0.2) is 18.7 Å². The number of aromatic nitrogens is 4. The zero-order valence-electron chi connectivity index (χ0n) is 24.3. The Bertz CT molecular complexity index is 1250. The van der Waals surface area contributed by atoms with Crippen molar-refractivity contribution in [3.8, 4) is 11.4 Å². The lowest BCUT2D eigenvalue weighted by Crippen LogP contribution is -2.35. The number of hydrogen-bond donors (Lipinski definition) is 2. The van der Waals surface area contributed by atoms with Gasteiger partial charge in [-0.2, -0.15) is 4.98 Å². The Kier molecular flexibility index (Phi) is 10.6. The molecule has 222 valence electrons. The summed E-state index contributed by atoms with van der Waals surface area (Å²) in [5, 5.41) is 9.68. The fraction of sp³-hybridized carbons (Fsp3) is 0.552. The van der Waals surface area contributed by atoms with Gasteiger partial charge < -0.3 is 25.0 Å². The molecule has 41 heavy (non-hydrogen) atoms. The largest absolute Gasteiger partial charge is 0.385 e. The van der Waals surface area contributed by atoms with E-state index in [1.165, 1.54) is 12.1 Å². The van der Waals surface area contributed by atoms with Crippen molar-refractivity contribution in [3.05, 3.63) is 47.6 Å². The summed E-state index contributed by atoms with van der Waals surface area (Å²) in [4.78, 5) is 29.7. The van der Waals surface area contributed by atoms with Crippen LogP contribution in [0.1, 0.15) is 55.8 Å². The predicted octanol–water partition coefficient (Wildman–Crippen LogP) is 4.40. The van der Waals surface area contributed by atoms with E-state index < -0.39 is 23.1 Å². The Morgan fingerprint density at radius 3 is 2.44 bits per heavy atom. The smallest absolute Gasteiger partial charge is 0.257 e. The van der Waals surface area contributed by atoms with Crippen LogP contribution < -0.4 is 15.5 Å². The van der Waals surface area contributed by atoms with Crippen molar-refractivity contribution in [2.75, 3.05) is 57.0 Å². The third-order valence-corrected chi connectivity index (χ3v) is 7.08. The van der Waals surface area contributed by atoms with Crippen LogP contribution in [-0.2, 0) is 6.42 Å². The SMILES string of the molecule is CC(C)Cc1nc(-c2cnc(N3CCC(CCCNc4cc(F)c(C(=O)NCCN(C)C)c(F)c4)CC3)nc2)no1. The number of benzene rings is 1. The second-order valence-corrected chi connectivity index (χ2v) is 11.3. The van der Waals surface area contributed by atoms with Crippen LogP contribution in [0.4, 0.5) is 20.4 Å². The minimum Gasteiger partial charge on any atom is -0.385 e. The molecule has 1 aromatic carbocycles. The topological polar surface area (TPSA) is 112 Å². The number of amides is 1. The summed E-state index contributed by atoms with van der Waals surface area (Å²) < 4.78 is 34.3. The van der Waals surface area contributed by atoms with Gasteiger partial charge in [0.1, 0.15) is 17.2 Å². The summed E-state index contributed by atoms with van der Waals surface area (Å²) in [6.45, 7) is 7.42. The van der Waals surface area contributed by atoms with E-state index >= 15 is 0 Å². The Balaban J connectivity index is 1.18. The van der Waals surface area contributed by atoms with Gasteiger partial charge in [-0.1, -0.05) is 19.0 Å². The Labute approximate surface area is 239 Å². The van der Waals surface area contributed by atoms with Crippen LogP contribution in [0, 0.1) is 23.5 Å². The summed E-state index contributed by atoms with van der Waals surface area (Å²) >= 11 is 0. The van der Waals surface area contributed by atoms with Crippen LogP contribution in [-0.4, -0.2) is 77.7 Å². The third kappa shape index (κ3) is 8.66. The molecule has 0 aliphatic carbocycles. The first-order valence-corrected chi connectivity index (χ1v) is 14.3. The zero-order valence-corrected chi connectivity index (χ0v) is 24.3. The van der Waals surface area contributed by atoms with Crippen LogP contribution >= 0.6 is 0 Å². The molecule has 10 nitrogen and oxygen atoms in total. The monoisotopic (exact) mass is 570 g/mol. The van der Waals surface area contributed by atoms with Crippen LogP contribution in [0.25, 0.3) is 11.4 Å². The van der Waals surface area contributed by atoms with Gasteiger partial charge in [-0.3, -0.25) is 4.79 Å². The van der Waals surface area contributed by atoms with Crippen molar-refractivity contribution in [2.24, 2.45) is 11.8 Å². The first-order valence-electron chi connectivity index (χ1n) is 14.3. The highest BCUT2D eigenvalue weighted by Crippen LogP contribution is 2.25. The van der Waals surface area contributed by atoms with Crippen molar-refractivity contribution in [3.63, 3.8) is 0 Å². The standard InChI is InChI=1S/C29H40F2N8O2/c1-19(2)14-25-36-27(37-41-25)21-17-34-29(35-18-21)39-11-7-20(8-12-39)6-5-9-32-22-15-23(30)26(24(31)16-22)28(40)33-10-13-38(3)4/h15-20,32H,5-14H2,1-4H3,(H,33,40). The first kappa shape index (κ1) is 30.3. The molecule has 2 N–H and O–H groups in total. The second kappa shape index (κ2) is 14.3. The number of carbonyl (C=O) groups is 1. The number of piperidine rings is 1. The normalized spacial score (nSPS) is 14.2. The molecule has 0 unspecified atom stereocenters. The molecule has 0 spiro atoms. The fourth-order valence-corrected chi connectivity index (χ4v) is 4.82. The van der Waals surface area contributed by atoms with Gasteiger partial charge in [0.05, 0.1) is 5.56 Å². The van der Waals surface area contributed by atoms with E-state index in [1.807, 2.05) is 19.0 Å². The maximum absolute atomic E-state index is 14.5. The number of likely N-dealkylation sites (N-methyl/N-ethyl adjacent to an activating group) is 1. The predicted molar refractivity (Wildman–Crippen MR) is 154 cm³/mol. The zero-order chi connectivity index (χ0) is 29.4. The summed E-state index contributed by atoms with van der Waals surface area (Å²) in [6, 6.07) is 2.36. The van der Waals surface area contributed by atoms with Crippen molar-refractivity contribution in [1.29, 1.82) is 0 Å². The number of anilines is 2. The van der Waals surface area contributed by atoms with Gasteiger partial charge in [0.25, 0.3) is 5.91 Å². The van der Waals surface area contributed by atoms with Gasteiger partial charge in [-0.05, 0) is 63.7 Å². The molecule has 1 aliphatic heterocycles. The van der Waals surface area contributed by atoms with Gasteiger partial charge in [0.2, 0.25) is 17.7 Å².